The van der Waals surface area contributed by atoms with Crippen LogP contribution in [0, 0.1) is 5.92 Å². The summed E-state index contributed by atoms with van der Waals surface area (Å²) >= 11 is 2.69. The van der Waals surface area contributed by atoms with Gasteiger partial charge in [0.15, 0.2) is 6.54 Å². The van der Waals surface area contributed by atoms with Crippen LogP contribution in [-0.2, 0) is 32.4 Å². The number of ether oxygens (including phenoxy) is 1. The zero-order valence-electron chi connectivity index (χ0n) is 18.2. The molecule has 32 heavy (non-hydrogen) atoms. The third-order valence-electron chi connectivity index (χ3n) is 6.08. The first kappa shape index (κ1) is 23.4. The van der Waals surface area contributed by atoms with Crippen LogP contribution in [0.3, 0.4) is 0 Å². The standard InChI is InChI=1S/C21H27N3O5S3/c1-14-5-6-15-16(12-14)31-20(19(15)21(26)29-2)22-17(25)13-23-7-9-24(10-8-23)32(27,28)18-4-3-11-30-18/h3-4,11,14H,5-10,12-13H2,1-2H3,(H,22,25)/p+1/t14-/m0/s1. The van der Waals surface area contributed by atoms with Crippen molar-refractivity contribution in [1.82, 2.24) is 4.31 Å². The van der Waals surface area contributed by atoms with E-state index in [0.29, 0.717) is 46.9 Å². The number of piperazine rings is 1. The van der Waals surface area contributed by atoms with Gasteiger partial charge in [-0.25, -0.2) is 13.2 Å². The van der Waals surface area contributed by atoms with E-state index in [1.165, 1.54) is 34.1 Å². The summed E-state index contributed by atoms with van der Waals surface area (Å²) in [5, 5.41) is 5.26. The first-order valence-electron chi connectivity index (χ1n) is 10.7. The lowest BCUT2D eigenvalue weighted by Gasteiger charge is -2.30. The van der Waals surface area contributed by atoms with E-state index < -0.39 is 16.0 Å². The van der Waals surface area contributed by atoms with Gasteiger partial charge >= 0.3 is 5.97 Å². The van der Waals surface area contributed by atoms with Crippen molar-refractivity contribution in [2.75, 3.05) is 45.2 Å². The number of fused-ring (bicyclic) bond motifs is 1. The van der Waals surface area contributed by atoms with Crippen molar-refractivity contribution in [3.63, 3.8) is 0 Å². The van der Waals surface area contributed by atoms with Crippen LogP contribution in [0.4, 0.5) is 5.00 Å². The molecule has 2 aromatic rings. The molecule has 0 aromatic carbocycles. The number of rotatable bonds is 6. The van der Waals surface area contributed by atoms with Gasteiger partial charge < -0.3 is 15.0 Å². The molecular formula is C21H28N3O5S3+. The maximum Gasteiger partial charge on any atom is 0.341 e. The zero-order chi connectivity index (χ0) is 22.9. The van der Waals surface area contributed by atoms with Gasteiger partial charge in [0.1, 0.15) is 9.21 Å². The number of esters is 1. The summed E-state index contributed by atoms with van der Waals surface area (Å²) in [4.78, 5) is 27.4. The van der Waals surface area contributed by atoms with Crippen molar-refractivity contribution in [1.29, 1.82) is 0 Å². The van der Waals surface area contributed by atoms with Gasteiger partial charge in [0.05, 0.1) is 38.9 Å². The number of quaternary nitrogens is 1. The topological polar surface area (TPSA) is 97.2 Å². The highest BCUT2D eigenvalue weighted by atomic mass is 32.2. The van der Waals surface area contributed by atoms with Gasteiger partial charge in [0.25, 0.3) is 15.9 Å². The van der Waals surface area contributed by atoms with Crippen LogP contribution < -0.4 is 10.2 Å². The number of carbonyl (C=O) groups excluding carboxylic acids is 2. The van der Waals surface area contributed by atoms with Crippen molar-refractivity contribution in [2.45, 2.75) is 30.4 Å². The number of amides is 1. The molecule has 0 radical (unpaired) electrons. The molecule has 1 aliphatic carbocycles. The molecule has 2 aliphatic rings. The molecule has 1 aliphatic heterocycles. The average Bonchev–Trinajstić information content (AvgIpc) is 3.41. The molecule has 8 nitrogen and oxygen atoms in total. The van der Waals surface area contributed by atoms with Crippen molar-refractivity contribution in [3.05, 3.63) is 33.5 Å². The van der Waals surface area contributed by atoms with Gasteiger partial charge in [-0.1, -0.05) is 13.0 Å². The molecule has 2 N–H and O–H groups in total. The van der Waals surface area contributed by atoms with E-state index in [9.17, 15) is 18.0 Å². The van der Waals surface area contributed by atoms with E-state index in [2.05, 4.69) is 12.2 Å². The number of nitrogens with one attached hydrogen (secondary N) is 2. The Morgan fingerprint density at radius 1 is 1.31 bits per heavy atom. The number of hydrogen-bond donors (Lipinski definition) is 2. The highest BCUT2D eigenvalue weighted by Gasteiger charge is 2.33. The number of carbonyl (C=O) groups is 2. The molecule has 1 saturated heterocycles. The SMILES string of the molecule is COC(=O)c1c(NC(=O)C[NH+]2CCN(S(=O)(=O)c3cccs3)CC2)sc2c1CC[C@H](C)C2. The molecule has 1 fully saturated rings. The Hall–Kier alpha value is -1.79. The Bertz CT molecular complexity index is 1090. The Morgan fingerprint density at radius 2 is 2.06 bits per heavy atom. The van der Waals surface area contributed by atoms with E-state index in [-0.39, 0.29) is 12.5 Å². The lowest BCUT2D eigenvalue weighted by molar-refractivity contribution is -0.895. The third-order valence-corrected chi connectivity index (χ3v) is 10.5. The van der Waals surface area contributed by atoms with Gasteiger partial charge in [0.2, 0.25) is 0 Å². The smallest absolute Gasteiger partial charge is 0.341 e. The van der Waals surface area contributed by atoms with Crippen molar-refractivity contribution in [3.8, 4) is 0 Å². The third kappa shape index (κ3) is 4.76. The van der Waals surface area contributed by atoms with Gasteiger partial charge in [0, 0.05) is 4.88 Å². The van der Waals surface area contributed by atoms with Crippen LogP contribution in [0.25, 0.3) is 0 Å². The van der Waals surface area contributed by atoms with Crippen molar-refractivity contribution >= 4 is 49.6 Å². The largest absolute Gasteiger partial charge is 0.465 e. The molecule has 11 heteroatoms. The second kappa shape index (κ2) is 9.60. The van der Waals surface area contributed by atoms with Crippen LogP contribution in [0.15, 0.2) is 21.7 Å². The first-order chi connectivity index (χ1) is 15.3. The van der Waals surface area contributed by atoms with Crippen LogP contribution in [0.2, 0.25) is 0 Å². The minimum atomic E-state index is -3.46. The lowest BCUT2D eigenvalue weighted by Crippen LogP contribution is -3.15. The molecule has 1 amide bonds. The Labute approximate surface area is 196 Å². The lowest BCUT2D eigenvalue weighted by atomic mass is 9.88. The molecule has 4 rings (SSSR count). The van der Waals surface area contributed by atoms with Crippen LogP contribution in [-0.4, -0.2) is 64.4 Å². The summed E-state index contributed by atoms with van der Waals surface area (Å²) < 4.78 is 32.2. The fourth-order valence-electron chi connectivity index (χ4n) is 4.31. The predicted octanol–water partition coefficient (Wildman–Crippen LogP) is 1.25. The summed E-state index contributed by atoms with van der Waals surface area (Å²) in [6.07, 6.45) is 2.74. The molecule has 0 bridgehead atoms. The monoisotopic (exact) mass is 498 g/mol. The van der Waals surface area contributed by atoms with E-state index >= 15 is 0 Å². The number of hydrogen-bond acceptors (Lipinski definition) is 7. The van der Waals surface area contributed by atoms with E-state index in [1.807, 2.05) is 0 Å². The van der Waals surface area contributed by atoms with Crippen LogP contribution in [0.1, 0.15) is 34.1 Å². The van der Waals surface area contributed by atoms with E-state index in [0.717, 1.165) is 34.6 Å². The summed E-state index contributed by atoms with van der Waals surface area (Å²) in [6.45, 7) is 4.29. The average molecular weight is 499 g/mol. The summed E-state index contributed by atoms with van der Waals surface area (Å²) in [5.74, 6) is -0.0279. The van der Waals surface area contributed by atoms with Gasteiger partial charge in [-0.15, -0.1) is 22.7 Å². The number of methoxy groups -OCH3 is 1. The molecule has 0 unspecified atom stereocenters. The number of sulfonamides is 1. The second-order valence-corrected chi connectivity index (χ2v) is 12.6. The number of nitrogens with zero attached hydrogens (tertiary/aromatic N) is 1. The Kier molecular flexibility index (Phi) is 7.01. The van der Waals surface area contributed by atoms with Gasteiger partial charge in [-0.2, -0.15) is 4.31 Å². The molecule has 2 aromatic heterocycles. The summed E-state index contributed by atoms with van der Waals surface area (Å²) in [5.41, 5.74) is 1.50. The Morgan fingerprint density at radius 3 is 2.72 bits per heavy atom. The molecular weight excluding hydrogens is 470 g/mol. The summed E-state index contributed by atoms with van der Waals surface area (Å²) in [6, 6.07) is 3.35. The van der Waals surface area contributed by atoms with Gasteiger partial charge in [-0.05, 0) is 42.2 Å². The van der Waals surface area contributed by atoms with Crippen molar-refractivity contribution < 1.29 is 27.6 Å². The Balaban J connectivity index is 1.38. The van der Waals surface area contributed by atoms with Gasteiger partial charge in [-0.3, -0.25) is 4.79 Å². The fourth-order valence-corrected chi connectivity index (χ4v) is 8.31. The van der Waals surface area contributed by atoms with Crippen LogP contribution in [0.5, 0.6) is 0 Å². The maximum absolute atomic E-state index is 12.8. The zero-order valence-corrected chi connectivity index (χ0v) is 20.6. The normalized spacial score (nSPS) is 20.0. The second-order valence-electron chi connectivity index (χ2n) is 8.36. The molecule has 0 spiro atoms. The minimum Gasteiger partial charge on any atom is -0.465 e. The van der Waals surface area contributed by atoms with E-state index in [4.69, 9.17) is 4.74 Å². The predicted molar refractivity (Wildman–Crippen MR) is 124 cm³/mol. The molecule has 0 saturated carbocycles. The molecule has 174 valence electrons. The van der Waals surface area contributed by atoms with Crippen molar-refractivity contribution in [2.24, 2.45) is 5.92 Å². The minimum absolute atomic E-state index is 0.175. The number of anilines is 1. The first-order valence-corrected chi connectivity index (χ1v) is 13.8. The van der Waals surface area contributed by atoms with E-state index in [1.54, 1.807) is 17.5 Å². The molecule has 1 atom stereocenters. The highest BCUT2D eigenvalue weighted by Crippen LogP contribution is 2.40. The summed E-state index contributed by atoms with van der Waals surface area (Å²) in [7, 11) is -2.10. The molecule has 3 heterocycles. The quantitative estimate of drug-likeness (QED) is 0.585. The maximum atomic E-state index is 12.8. The fraction of sp³-hybridized carbons (Fsp3) is 0.524. The number of thiophene rings is 2. The van der Waals surface area contributed by atoms with Crippen LogP contribution >= 0.6 is 22.7 Å². The highest BCUT2D eigenvalue weighted by molar-refractivity contribution is 7.91.